The summed E-state index contributed by atoms with van der Waals surface area (Å²) in [7, 11) is 1.31. The lowest BCUT2D eigenvalue weighted by Crippen LogP contribution is -2.33. The maximum absolute atomic E-state index is 12.3. The van der Waals surface area contributed by atoms with Crippen molar-refractivity contribution >= 4 is 11.9 Å². The number of methoxy groups -OCH3 is 1. The standard InChI is InChI=1S/C16H13NO3/c1-20-16(19)14-12-8-4-2-6-10(12)11-7-3-5-9-13(11)15(18)17-14/h2-9,14H,1H3,(H,17,18). The summed E-state index contributed by atoms with van der Waals surface area (Å²) in [5.41, 5.74) is 3.01. The van der Waals surface area contributed by atoms with Gasteiger partial charge in [-0.2, -0.15) is 0 Å². The van der Waals surface area contributed by atoms with Gasteiger partial charge in [0.05, 0.1) is 7.11 Å². The van der Waals surface area contributed by atoms with Crippen molar-refractivity contribution in [2.24, 2.45) is 0 Å². The van der Waals surface area contributed by atoms with Gasteiger partial charge in [-0.05, 0) is 22.8 Å². The zero-order valence-electron chi connectivity index (χ0n) is 10.9. The molecule has 0 fully saturated rings. The van der Waals surface area contributed by atoms with Crippen molar-refractivity contribution in [2.45, 2.75) is 6.04 Å². The van der Waals surface area contributed by atoms with Gasteiger partial charge in [0.15, 0.2) is 6.04 Å². The third-order valence-corrected chi connectivity index (χ3v) is 3.45. The van der Waals surface area contributed by atoms with E-state index in [1.54, 1.807) is 12.1 Å². The molecule has 1 amide bonds. The molecule has 4 heteroatoms. The van der Waals surface area contributed by atoms with Gasteiger partial charge in [0.2, 0.25) is 0 Å². The number of carbonyl (C=O) groups is 2. The number of esters is 1. The number of fused-ring (bicyclic) bond motifs is 3. The van der Waals surface area contributed by atoms with Crippen LogP contribution in [0.1, 0.15) is 22.0 Å². The maximum atomic E-state index is 12.3. The van der Waals surface area contributed by atoms with Gasteiger partial charge in [0.25, 0.3) is 5.91 Å². The molecule has 1 atom stereocenters. The predicted molar refractivity (Wildman–Crippen MR) is 74.1 cm³/mol. The van der Waals surface area contributed by atoms with Crippen LogP contribution in [-0.4, -0.2) is 19.0 Å². The number of nitrogens with one attached hydrogen (secondary N) is 1. The van der Waals surface area contributed by atoms with Crippen LogP contribution in [0.15, 0.2) is 48.5 Å². The van der Waals surface area contributed by atoms with Crippen molar-refractivity contribution in [3.05, 3.63) is 59.7 Å². The average Bonchev–Trinajstić information content (AvgIpc) is 2.63. The predicted octanol–water partition coefficient (Wildman–Crippen LogP) is 2.31. The zero-order chi connectivity index (χ0) is 14.1. The van der Waals surface area contributed by atoms with Crippen LogP contribution in [0.5, 0.6) is 0 Å². The molecule has 3 rings (SSSR count). The van der Waals surface area contributed by atoms with Gasteiger partial charge in [-0.3, -0.25) is 4.79 Å². The summed E-state index contributed by atoms with van der Waals surface area (Å²) >= 11 is 0. The minimum atomic E-state index is -0.781. The Morgan fingerprint density at radius 1 is 1.00 bits per heavy atom. The molecule has 2 aromatic rings. The fourth-order valence-electron chi connectivity index (χ4n) is 2.50. The van der Waals surface area contributed by atoms with Crippen molar-refractivity contribution < 1.29 is 14.3 Å². The Hall–Kier alpha value is -2.62. The number of hydrogen-bond acceptors (Lipinski definition) is 3. The molecule has 0 spiro atoms. The molecule has 1 aliphatic rings. The number of rotatable bonds is 1. The Morgan fingerprint density at radius 3 is 2.30 bits per heavy atom. The zero-order valence-corrected chi connectivity index (χ0v) is 10.9. The molecule has 0 saturated heterocycles. The van der Waals surface area contributed by atoms with Gasteiger partial charge >= 0.3 is 5.97 Å². The Morgan fingerprint density at radius 2 is 1.60 bits per heavy atom. The molecular formula is C16H13NO3. The van der Waals surface area contributed by atoms with E-state index in [2.05, 4.69) is 5.32 Å². The smallest absolute Gasteiger partial charge is 0.333 e. The van der Waals surface area contributed by atoms with Crippen LogP contribution in [0.4, 0.5) is 0 Å². The lowest BCUT2D eigenvalue weighted by atomic mass is 9.94. The molecule has 1 heterocycles. The average molecular weight is 267 g/mol. The minimum Gasteiger partial charge on any atom is -0.467 e. The Labute approximate surface area is 116 Å². The van der Waals surface area contributed by atoms with Gasteiger partial charge in [-0.1, -0.05) is 42.5 Å². The molecule has 100 valence electrons. The summed E-state index contributed by atoms with van der Waals surface area (Å²) in [4.78, 5) is 24.2. The van der Waals surface area contributed by atoms with Gasteiger partial charge in [0, 0.05) is 5.56 Å². The number of ether oxygens (including phenoxy) is 1. The Kier molecular flexibility index (Phi) is 2.99. The largest absolute Gasteiger partial charge is 0.467 e. The summed E-state index contributed by atoms with van der Waals surface area (Å²) in [6.45, 7) is 0. The van der Waals surface area contributed by atoms with Crippen LogP contribution in [0.2, 0.25) is 0 Å². The van der Waals surface area contributed by atoms with Crippen LogP contribution in [0.3, 0.4) is 0 Å². The second-order valence-electron chi connectivity index (χ2n) is 4.56. The van der Waals surface area contributed by atoms with E-state index in [9.17, 15) is 9.59 Å². The highest BCUT2D eigenvalue weighted by Crippen LogP contribution is 2.34. The van der Waals surface area contributed by atoms with Crippen LogP contribution in [-0.2, 0) is 9.53 Å². The molecule has 4 nitrogen and oxygen atoms in total. The maximum Gasteiger partial charge on any atom is 0.333 e. The van der Waals surface area contributed by atoms with Crippen molar-refractivity contribution in [1.29, 1.82) is 0 Å². The fourth-order valence-corrected chi connectivity index (χ4v) is 2.50. The first-order valence-electron chi connectivity index (χ1n) is 6.29. The highest BCUT2D eigenvalue weighted by Gasteiger charge is 2.31. The number of amides is 1. The molecule has 0 radical (unpaired) electrons. The SMILES string of the molecule is COC(=O)C1NC(=O)c2ccccc2-c2ccccc21. The van der Waals surface area contributed by atoms with Gasteiger partial charge in [-0.25, -0.2) is 4.79 Å². The van der Waals surface area contributed by atoms with Crippen molar-refractivity contribution in [3.8, 4) is 11.1 Å². The second-order valence-corrected chi connectivity index (χ2v) is 4.56. The third kappa shape index (κ3) is 1.86. The van der Waals surface area contributed by atoms with Crippen molar-refractivity contribution in [2.75, 3.05) is 7.11 Å². The first-order valence-corrected chi connectivity index (χ1v) is 6.29. The van der Waals surface area contributed by atoms with E-state index in [1.165, 1.54) is 7.11 Å². The molecule has 0 aliphatic carbocycles. The first kappa shape index (κ1) is 12.4. The number of benzene rings is 2. The lowest BCUT2D eigenvalue weighted by Gasteiger charge is -2.16. The van der Waals surface area contributed by atoms with E-state index < -0.39 is 12.0 Å². The van der Waals surface area contributed by atoms with Crippen LogP contribution in [0.25, 0.3) is 11.1 Å². The molecule has 1 N–H and O–H groups in total. The topological polar surface area (TPSA) is 55.4 Å². The molecule has 2 aromatic carbocycles. The number of hydrogen-bond donors (Lipinski definition) is 1. The molecule has 0 aromatic heterocycles. The molecule has 1 aliphatic heterocycles. The second kappa shape index (κ2) is 4.81. The van der Waals surface area contributed by atoms with Crippen LogP contribution < -0.4 is 5.32 Å². The third-order valence-electron chi connectivity index (χ3n) is 3.45. The normalized spacial score (nSPS) is 16.4. The lowest BCUT2D eigenvalue weighted by molar-refractivity contribution is -0.143. The van der Waals surface area contributed by atoms with Gasteiger partial charge in [-0.15, -0.1) is 0 Å². The monoisotopic (exact) mass is 267 g/mol. The summed E-state index contributed by atoms with van der Waals surface area (Å²) < 4.78 is 4.80. The molecular weight excluding hydrogens is 254 g/mol. The van der Waals surface area contributed by atoms with Gasteiger partial charge in [0.1, 0.15) is 0 Å². The summed E-state index contributed by atoms with van der Waals surface area (Å²) in [6.07, 6.45) is 0. The van der Waals surface area contributed by atoms with Crippen LogP contribution in [0, 0.1) is 0 Å². The van der Waals surface area contributed by atoms with Crippen LogP contribution >= 0.6 is 0 Å². The van der Waals surface area contributed by atoms with Gasteiger partial charge < -0.3 is 10.1 Å². The number of carbonyl (C=O) groups excluding carboxylic acids is 2. The van der Waals surface area contributed by atoms with E-state index in [0.29, 0.717) is 5.56 Å². The summed E-state index contributed by atoms with van der Waals surface area (Å²) in [6, 6.07) is 14.0. The van der Waals surface area contributed by atoms with E-state index in [1.807, 2.05) is 36.4 Å². The minimum absolute atomic E-state index is 0.271. The molecule has 20 heavy (non-hydrogen) atoms. The summed E-state index contributed by atoms with van der Waals surface area (Å²) in [5.74, 6) is -0.745. The van der Waals surface area contributed by atoms with E-state index in [4.69, 9.17) is 4.74 Å². The van der Waals surface area contributed by atoms with E-state index in [0.717, 1.165) is 16.7 Å². The summed E-state index contributed by atoms with van der Waals surface area (Å²) in [5, 5.41) is 2.73. The molecule has 1 unspecified atom stereocenters. The van der Waals surface area contributed by atoms with Crippen molar-refractivity contribution in [3.63, 3.8) is 0 Å². The Bertz CT molecular complexity index is 694. The highest BCUT2D eigenvalue weighted by molar-refractivity contribution is 6.05. The molecule has 0 bridgehead atoms. The molecule has 0 saturated carbocycles. The Balaban J connectivity index is 2.26. The highest BCUT2D eigenvalue weighted by atomic mass is 16.5. The quantitative estimate of drug-likeness (QED) is 0.807. The first-order chi connectivity index (χ1) is 9.72. The fraction of sp³-hybridized carbons (Fsp3) is 0.125. The van der Waals surface area contributed by atoms with Crippen molar-refractivity contribution in [1.82, 2.24) is 5.32 Å². The van der Waals surface area contributed by atoms with E-state index in [-0.39, 0.29) is 5.91 Å². The van der Waals surface area contributed by atoms with E-state index >= 15 is 0 Å².